The highest BCUT2D eigenvalue weighted by Gasteiger charge is 2.16. The molecular formula is C21H21FN6. The first-order valence-electron chi connectivity index (χ1n) is 9.13. The van der Waals surface area contributed by atoms with Crippen molar-refractivity contribution in [3.8, 4) is 16.9 Å². The Hall–Kier alpha value is -3.35. The van der Waals surface area contributed by atoms with E-state index in [1.807, 2.05) is 38.2 Å². The van der Waals surface area contributed by atoms with Crippen LogP contribution in [0.3, 0.4) is 0 Å². The number of aromatic nitrogens is 5. The van der Waals surface area contributed by atoms with Crippen LogP contribution in [0.4, 0.5) is 10.2 Å². The van der Waals surface area contributed by atoms with Crippen LogP contribution in [0.2, 0.25) is 0 Å². The third-order valence-electron chi connectivity index (χ3n) is 4.95. The summed E-state index contributed by atoms with van der Waals surface area (Å²) in [5.74, 6) is 0.357. The summed E-state index contributed by atoms with van der Waals surface area (Å²) in [7, 11) is 2.03. The molecule has 0 radical (unpaired) electrons. The van der Waals surface area contributed by atoms with Gasteiger partial charge in [0.25, 0.3) is 0 Å². The molecule has 7 heteroatoms. The van der Waals surface area contributed by atoms with Gasteiger partial charge >= 0.3 is 0 Å². The number of hydrogen-bond acceptors (Lipinski definition) is 5. The van der Waals surface area contributed by atoms with Gasteiger partial charge in [-0.2, -0.15) is 4.39 Å². The van der Waals surface area contributed by atoms with Crippen molar-refractivity contribution in [3.05, 3.63) is 60.3 Å². The smallest absolute Gasteiger partial charge is 0.238 e. The van der Waals surface area contributed by atoms with Gasteiger partial charge in [-0.1, -0.05) is 11.3 Å². The molecule has 0 atom stereocenters. The first-order valence-corrected chi connectivity index (χ1v) is 9.13. The molecular weight excluding hydrogens is 355 g/mol. The summed E-state index contributed by atoms with van der Waals surface area (Å²) in [4.78, 5) is 10.6. The summed E-state index contributed by atoms with van der Waals surface area (Å²) in [5, 5.41) is 9.41. The number of fused-ring (bicyclic) bond motifs is 1. The number of hydrogen-bond donors (Lipinski definition) is 0. The Morgan fingerprint density at radius 2 is 1.93 bits per heavy atom. The van der Waals surface area contributed by atoms with Crippen molar-refractivity contribution in [3.63, 3.8) is 0 Å². The SMILES string of the molecule is Cc1c(-c2ccc3nc(N(C)C(C)C)ccc3c2)nnn1-c1cccnc1F. The van der Waals surface area contributed by atoms with Crippen LogP contribution in [-0.2, 0) is 0 Å². The van der Waals surface area contributed by atoms with E-state index in [-0.39, 0.29) is 5.69 Å². The van der Waals surface area contributed by atoms with Gasteiger partial charge in [0, 0.05) is 30.2 Å². The van der Waals surface area contributed by atoms with Gasteiger partial charge in [0.2, 0.25) is 5.95 Å². The highest BCUT2D eigenvalue weighted by atomic mass is 19.1. The quantitative estimate of drug-likeness (QED) is 0.500. The minimum Gasteiger partial charge on any atom is -0.357 e. The summed E-state index contributed by atoms with van der Waals surface area (Å²) >= 11 is 0. The van der Waals surface area contributed by atoms with Crippen molar-refractivity contribution in [1.82, 2.24) is 25.0 Å². The highest BCUT2D eigenvalue weighted by Crippen LogP contribution is 2.27. The van der Waals surface area contributed by atoms with E-state index < -0.39 is 5.95 Å². The lowest BCUT2D eigenvalue weighted by molar-refractivity contribution is 0.564. The standard InChI is InChI=1S/C21H21FN6/c1-13(2)27(4)19-10-8-15-12-16(7-9-17(15)24-19)20-14(3)28(26-25-20)18-6-5-11-23-21(18)22/h5-13H,1-4H3. The maximum atomic E-state index is 14.0. The number of halogens is 1. The molecule has 6 nitrogen and oxygen atoms in total. The largest absolute Gasteiger partial charge is 0.357 e. The minimum absolute atomic E-state index is 0.280. The molecule has 0 saturated heterocycles. The minimum atomic E-state index is -0.577. The Morgan fingerprint density at radius 1 is 1.11 bits per heavy atom. The van der Waals surface area contributed by atoms with E-state index >= 15 is 0 Å². The van der Waals surface area contributed by atoms with E-state index in [0.29, 0.717) is 11.7 Å². The van der Waals surface area contributed by atoms with Crippen LogP contribution >= 0.6 is 0 Å². The van der Waals surface area contributed by atoms with Gasteiger partial charge in [0.1, 0.15) is 17.2 Å². The van der Waals surface area contributed by atoms with E-state index in [2.05, 4.69) is 40.1 Å². The Balaban J connectivity index is 1.74. The summed E-state index contributed by atoms with van der Waals surface area (Å²) in [6, 6.07) is 13.7. The molecule has 0 amide bonds. The van der Waals surface area contributed by atoms with Gasteiger partial charge < -0.3 is 4.90 Å². The topological polar surface area (TPSA) is 59.7 Å². The Labute approximate surface area is 162 Å². The molecule has 0 spiro atoms. The van der Waals surface area contributed by atoms with Gasteiger partial charge in [-0.15, -0.1) is 5.10 Å². The van der Waals surface area contributed by atoms with Gasteiger partial charge in [-0.05, 0) is 57.2 Å². The Kier molecular flexibility index (Phi) is 4.50. The van der Waals surface area contributed by atoms with E-state index in [1.165, 1.54) is 10.9 Å². The zero-order valence-electron chi connectivity index (χ0n) is 16.3. The van der Waals surface area contributed by atoms with Crippen LogP contribution in [0, 0.1) is 12.9 Å². The zero-order valence-corrected chi connectivity index (χ0v) is 16.3. The fraction of sp³-hybridized carbons (Fsp3) is 0.238. The lowest BCUT2D eigenvalue weighted by Crippen LogP contribution is -2.26. The van der Waals surface area contributed by atoms with Crippen molar-refractivity contribution in [2.24, 2.45) is 0 Å². The molecule has 0 N–H and O–H groups in total. The highest BCUT2D eigenvalue weighted by molar-refractivity contribution is 5.85. The predicted octanol–water partition coefficient (Wildman–Crippen LogP) is 4.17. The predicted molar refractivity (Wildman–Crippen MR) is 108 cm³/mol. The Morgan fingerprint density at radius 3 is 2.68 bits per heavy atom. The maximum Gasteiger partial charge on any atom is 0.238 e. The molecule has 142 valence electrons. The molecule has 0 aliphatic rings. The van der Waals surface area contributed by atoms with Gasteiger partial charge in [0.05, 0.1) is 11.2 Å². The number of rotatable bonds is 4. The maximum absolute atomic E-state index is 14.0. The van der Waals surface area contributed by atoms with Crippen LogP contribution in [-0.4, -0.2) is 38.1 Å². The molecule has 28 heavy (non-hydrogen) atoms. The fourth-order valence-electron chi connectivity index (χ4n) is 3.08. The van der Waals surface area contributed by atoms with Crippen molar-refractivity contribution < 1.29 is 4.39 Å². The first kappa shape index (κ1) is 18.0. The van der Waals surface area contributed by atoms with Crippen molar-refractivity contribution in [2.75, 3.05) is 11.9 Å². The molecule has 0 saturated carbocycles. The third-order valence-corrected chi connectivity index (χ3v) is 4.95. The van der Waals surface area contributed by atoms with Crippen LogP contribution in [0.5, 0.6) is 0 Å². The third kappa shape index (κ3) is 3.09. The molecule has 0 fully saturated rings. The summed E-state index contributed by atoms with van der Waals surface area (Å²) in [5.41, 5.74) is 3.55. The lowest BCUT2D eigenvalue weighted by Gasteiger charge is -2.22. The molecule has 3 heterocycles. The van der Waals surface area contributed by atoms with Crippen molar-refractivity contribution >= 4 is 16.7 Å². The van der Waals surface area contributed by atoms with E-state index in [0.717, 1.165) is 28.0 Å². The first-order chi connectivity index (χ1) is 13.5. The van der Waals surface area contributed by atoms with Crippen LogP contribution in [0.1, 0.15) is 19.5 Å². The average molecular weight is 376 g/mol. The van der Waals surface area contributed by atoms with Gasteiger partial charge in [-0.3, -0.25) is 0 Å². The van der Waals surface area contributed by atoms with E-state index in [1.54, 1.807) is 12.1 Å². The Bertz CT molecular complexity index is 1150. The normalized spacial score (nSPS) is 11.4. The van der Waals surface area contributed by atoms with Gasteiger partial charge in [0.15, 0.2) is 0 Å². The fourth-order valence-corrected chi connectivity index (χ4v) is 3.08. The molecule has 4 aromatic rings. The summed E-state index contributed by atoms with van der Waals surface area (Å²) in [6.07, 6.45) is 1.41. The second-order valence-corrected chi connectivity index (χ2v) is 7.03. The molecule has 4 rings (SSSR count). The number of benzene rings is 1. The molecule has 0 aliphatic heterocycles. The van der Waals surface area contributed by atoms with Crippen LogP contribution < -0.4 is 4.90 Å². The van der Waals surface area contributed by atoms with Crippen molar-refractivity contribution in [2.45, 2.75) is 26.8 Å². The molecule has 0 aliphatic carbocycles. The molecule has 1 aromatic carbocycles. The monoisotopic (exact) mass is 376 g/mol. The number of pyridine rings is 2. The van der Waals surface area contributed by atoms with Gasteiger partial charge in [-0.25, -0.2) is 14.6 Å². The second-order valence-electron chi connectivity index (χ2n) is 7.03. The second kappa shape index (κ2) is 6.99. The summed E-state index contributed by atoms with van der Waals surface area (Å²) < 4.78 is 15.5. The zero-order chi connectivity index (χ0) is 19.8. The molecule has 0 unspecified atom stereocenters. The van der Waals surface area contributed by atoms with Crippen LogP contribution in [0.15, 0.2) is 48.7 Å². The van der Waals surface area contributed by atoms with Crippen LogP contribution in [0.25, 0.3) is 27.8 Å². The lowest BCUT2D eigenvalue weighted by atomic mass is 10.1. The number of nitrogens with zero attached hydrogens (tertiary/aromatic N) is 6. The summed E-state index contributed by atoms with van der Waals surface area (Å²) in [6.45, 7) is 6.13. The molecule has 0 bridgehead atoms. The van der Waals surface area contributed by atoms with E-state index in [4.69, 9.17) is 4.98 Å². The molecule has 3 aromatic heterocycles. The van der Waals surface area contributed by atoms with E-state index in [9.17, 15) is 4.39 Å². The average Bonchev–Trinajstić information content (AvgIpc) is 3.08. The van der Waals surface area contributed by atoms with Crippen molar-refractivity contribution in [1.29, 1.82) is 0 Å². The number of anilines is 1.